The molecule has 0 aliphatic heterocycles. The summed E-state index contributed by atoms with van der Waals surface area (Å²) in [5, 5.41) is 8.39. The lowest BCUT2D eigenvalue weighted by Crippen LogP contribution is -2.42. The van der Waals surface area contributed by atoms with Crippen LogP contribution in [0.2, 0.25) is 0 Å². The quantitative estimate of drug-likeness (QED) is 0.613. The third kappa shape index (κ3) is 6.04. The van der Waals surface area contributed by atoms with Gasteiger partial charge < -0.3 is 5.11 Å². The Bertz CT molecular complexity index is 313. The molecular formula is C9H20N2O4S. The van der Waals surface area contributed by atoms with Crippen molar-refractivity contribution in [3.8, 4) is 0 Å². The van der Waals surface area contributed by atoms with Crippen molar-refractivity contribution in [2.45, 2.75) is 39.2 Å². The first-order valence-corrected chi connectivity index (χ1v) is 6.66. The molecule has 0 saturated heterocycles. The van der Waals surface area contributed by atoms with Crippen molar-refractivity contribution in [2.24, 2.45) is 0 Å². The van der Waals surface area contributed by atoms with Crippen LogP contribution in [0.5, 0.6) is 0 Å². The van der Waals surface area contributed by atoms with E-state index in [1.54, 1.807) is 13.8 Å². The fourth-order valence-electron chi connectivity index (χ4n) is 0.982. The summed E-state index contributed by atoms with van der Waals surface area (Å²) in [6.07, 6.45) is 1.07. The number of hydrogen-bond donors (Lipinski definition) is 2. The van der Waals surface area contributed by atoms with Crippen molar-refractivity contribution in [1.29, 1.82) is 0 Å². The summed E-state index contributed by atoms with van der Waals surface area (Å²) in [4.78, 5) is 10.2. The lowest BCUT2D eigenvalue weighted by atomic mass is 10.2. The Hall–Kier alpha value is -0.660. The summed E-state index contributed by atoms with van der Waals surface area (Å²) >= 11 is 0. The molecule has 0 heterocycles. The largest absolute Gasteiger partial charge is 0.481 e. The van der Waals surface area contributed by atoms with Gasteiger partial charge in [-0.25, -0.2) is 4.72 Å². The molecule has 0 spiro atoms. The second-order valence-electron chi connectivity index (χ2n) is 3.86. The van der Waals surface area contributed by atoms with Crippen LogP contribution in [0.25, 0.3) is 0 Å². The number of aliphatic carboxylic acids is 1. The number of rotatable bonds is 8. The van der Waals surface area contributed by atoms with Crippen LogP contribution >= 0.6 is 0 Å². The highest BCUT2D eigenvalue weighted by Crippen LogP contribution is 2.01. The summed E-state index contributed by atoms with van der Waals surface area (Å²) < 4.78 is 26.8. The summed E-state index contributed by atoms with van der Waals surface area (Å²) in [6.45, 7) is 3.83. The molecule has 96 valence electrons. The van der Waals surface area contributed by atoms with Crippen LogP contribution in [0.1, 0.15) is 33.1 Å². The molecule has 0 aliphatic carbocycles. The standard InChI is InChI=1S/C9H20N2O4S/c1-8(2)11(3)16(14,15)10-7-5-4-6-9(12)13/h8,10H,4-7H2,1-3H3,(H,12,13). The Morgan fingerprint density at radius 2 is 1.94 bits per heavy atom. The maximum atomic E-state index is 11.6. The zero-order valence-electron chi connectivity index (χ0n) is 9.93. The molecule has 0 bridgehead atoms. The Balaban J connectivity index is 3.88. The highest BCUT2D eigenvalue weighted by Gasteiger charge is 2.19. The normalized spacial score (nSPS) is 12.3. The molecule has 7 heteroatoms. The van der Waals surface area contributed by atoms with E-state index in [1.165, 1.54) is 11.4 Å². The van der Waals surface area contributed by atoms with Gasteiger partial charge in [-0.05, 0) is 26.7 Å². The number of carboxylic acids is 1. The van der Waals surface area contributed by atoms with Gasteiger partial charge in [0.1, 0.15) is 0 Å². The van der Waals surface area contributed by atoms with Gasteiger partial charge in [-0.2, -0.15) is 12.7 Å². The molecule has 2 N–H and O–H groups in total. The fourth-order valence-corrected chi connectivity index (χ4v) is 2.14. The molecule has 0 aromatic heterocycles. The molecule has 0 aliphatic rings. The van der Waals surface area contributed by atoms with Gasteiger partial charge in [0.2, 0.25) is 0 Å². The van der Waals surface area contributed by atoms with Crippen molar-refractivity contribution >= 4 is 16.2 Å². The van der Waals surface area contributed by atoms with Gasteiger partial charge in [-0.3, -0.25) is 4.79 Å². The summed E-state index contributed by atoms with van der Waals surface area (Å²) in [6, 6.07) is -0.100. The third-order valence-electron chi connectivity index (χ3n) is 2.21. The number of carbonyl (C=O) groups is 1. The molecule has 6 nitrogen and oxygen atoms in total. The van der Waals surface area contributed by atoms with Crippen LogP contribution in [0.4, 0.5) is 0 Å². The van der Waals surface area contributed by atoms with Crippen molar-refractivity contribution in [3.05, 3.63) is 0 Å². The van der Waals surface area contributed by atoms with Gasteiger partial charge in [-0.1, -0.05) is 0 Å². The number of nitrogens with zero attached hydrogens (tertiary/aromatic N) is 1. The Morgan fingerprint density at radius 1 is 1.38 bits per heavy atom. The lowest BCUT2D eigenvalue weighted by molar-refractivity contribution is -0.137. The minimum atomic E-state index is -3.42. The van der Waals surface area contributed by atoms with E-state index in [0.29, 0.717) is 12.8 Å². The molecule has 0 saturated carbocycles. The molecule has 0 aromatic carbocycles. The zero-order chi connectivity index (χ0) is 12.8. The van der Waals surface area contributed by atoms with Crippen molar-refractivity contribution in [2.75, 3.05) is 13.6 Å². The Morgan fingerprint density at radius 3 is 2.38 bits per heavy atom. The maximum absolute atomic E-state index is 11.6. The molecule has 0 unspecified atom stereocenters. The predicted molar refractivity (Wildman–Crippen MR) is 61.3 cm³/mol. The minimum Gasteiger partial charge on any atom is -0.481 e. The summed E-state index contributed by atoms with van der Waals surface area (Å²) in [5.74, 6) is -0.859. The number of carboxylic acid groups (broad SMARTS) is 1. The Labute approximate surface area is 96.8 Å². The summed E-state index contributed by atoms with van der Waals surface area (Å²) in [5.41, 5.74) is 0. The van der Waals surface area contributed by atoms with Crippen molar-refractivity contribution in [3.63, 3.8) is 0 Å². The van der Waals surface area contributed by atoms with E-state index in [-0.39, 0.29) is 19.0 Å². The lowest BCUT2D eigenvalue weighted by Gasteiger charge is -2.21. The zero-order valence-corrected chi connectivity index (χ0v) is 10.7. The summed E-state index contributed by atoms with van der Waals surface area (Å²) in [7, 11) is -1.92. The van der Waals surface area contributed by atoms with E-state index in [4.69, 9.17) is 5.11 Å². The van der Waals surface area contributed by atoms with Gasteiger partial charge >= 0.3 is 5.97 Å². The molecule has 0 aromatic rings. The van der Waals surface area contributed by atoms with E-state index in [9.17, 15) is 13.2 Å². The molecule has 16 heavy (non-hydrogen) atoms. The average molecular weight is 252 g/mol. The van der Waals surface area contributed by atoms with Crippen LogP contribution in [0.3, 0.4) is 0 Å². The van der Waals surface area contributed by atoms with Gasteiger partial charge in [0.05, 0.1) is 0 Å². The van der Waals surface area contributed by atoms with E-state index < -0.39 is 16.2 Å². The van der Waals surface area contributed by atoms with Crippen molar-refractivity contribution < 1.29 is 18.3 Å². The highest BCUT2D eigenvalue weighted by molar-refractivity contribution is 7.87. The van der Waals surface area contributed by atoms with E-state index in [2.05, 4.69) is 4.72 Å². The molecule has 0 amide bonds. The monoisotopic (exact) mass is 252 g/mol. The van der Waals surface area contributed by atoms with E-state index in [1.807, 2.05) is 0 Å². The molecule has 0 radical (unpaired) electrons. The first-order chi connectivity index (χ1) is 7.27. The van der Waals surface area contributed by atoms with Crippen LogP contribution in [0.15, 0.2) is 0 Å². The van der Waals surface area contributed by atoms with Crippen molar-refractivity contribution in [1.82, 2.24) is 9.03 Å². The smallest absolute Gasteiger partial charge is 0.303 e. The van der Waals surface area contributed by atoms with Gasteiger partial charge in [0.25, 0.3) is 10.2 Å². The average Bonchev–Trinajstić information content (AvgIpc) is 2.15. The van der Waals surface area contributed by atoms with Gasteiger partial charge in [-0.15, -0.1) is 0 Å². The van der Waals surface area contributed by atoms with E-state index in [0.717, 1.165) is 0 Å². The second kappa shape index (κ2) is 6.82. The van der Waals surface area contributed by atoms with Gasteiger partial charge in [0.15, 0.2) is 0 Å². The first kappa shape index (κ1) is 15.3. The number of unbranched alkanes of at least 4 members (excludes halogenated alkanes) is 1. The molecule has 0 fully saturated rings. The van der Waals surface area contributed by atoms with Crippen LogP contribution < -0.4 is 4.72 Å². The maximum Gasteiger partial charge on any atom is 0.303 e. The number of nitrogens with one attached hydrogen (secondary N) is 1. The van der Waals surface area contributed by atoms with Crippen LogP contribution in [-0.2, 0) is 15.0 Å². The van der Waals surface area contributed by atoms with Crippen LogP contribution in [-0.4, -0.2) is 43.4 Å². The topological polar surface area (TPSA) is 86.7 Å². The highest BCUT2D eigenvalue weighted by atomic mass is 32.2. The van der Waals surface area contributed by atoms with Crippen LogP contribution in [0, 0.1) is 0 Å². The number of hydrogen-bond acceptors (Lipinski definition) is 3. The minimum absolute atomic E-state index is 0.0712. The first-order valence-electron chi connectivity index (χ1n) is 5.21. The SMILES string of the molecule is CC(C)N(C)S(=O)(=O)NCCCCC(=O)O. The van der Waals surface area contributed by atoms with Gasteiger partial charge in [0, 0.05) is 26.1 Å². The third-order valence-corrected chi connectivity index (χ3v) is 3.96. The van der Waals surface area contributed by atoms with E-state index >= 15 is 0 Å². The molecule has 0 atom stereocenters. The second-order valence-corrected chi connectivity index (χ2v) is 5.67. The molecular weight excluding hydrogens is 232 g/mol. The Kier molecular flexibility index (Phi) is 6.54. The fraction of sp³-hybridized carbons (Fsp3) is 0.889. The molecule has 0 rings (SSSR count). The predicted octanol–water partition coefficient (Wildman–Crippen LogP) is 0.416.